The molecule has 2 fully saturated rings. The van der Waals surface area contributed by atoms with Crippen LogP contribution in [0.15, 0.2) is 47.4 Å². The number of rotatable bonds is 4. The largest absolute Gasteiger partial charge is 0.486 e. The predicted octanol–water partition coefficient (Wildman–Crippen LogP) is 2.12. The Balaban J connectivity index is 1.26. The zero-order valence-electron chi connectivity index (χ0n) is 19.8. The van der Waals surface area contributed by atoms with E-state index >= 15 is 0 Å². The van der Waals surface area contributed by atoms with Crippen molar-refractivity contribution >= 4 is 21.8 Å². The molecular formula is C25H28FN3O6S. The number of sulfonamides is 1. The predicted molar refractivity (Wildman–Crippen MR) is 128 cm³/mol. The summed E-state index contributed by atoms with van der Waals surface area (Å²) in [6.07, 6.45) is 2.06. The molecule has 11 heteroatoms. The number of carbonyl (C=O) groups excluding carboxylic acids is 2. The topological polar surface area (TPSA) is 96.5 Å². The minimum atomic E-state index is -3.74. The molecule has 0 saturated carbocycles. The Bertz CT molecular complexity index is 1240. The highest BCUT2D eigenvalue weighted by atomic mass is 32.2. The molecule has 0 unspecified atom stereocenters. The average Bonchev–Trinajstić information content (AvgIpc) is 3.10. The van der Waals surface area contributed by atoms with Gasteiger partial charge in [-0.2, -0.15) is 4.31 Å². The van der Waals surface area contributed by atoms with E-state index in [-0.39, 0.29) is 29.5 Å². The molecule has 3 aliphatic heterocycles. The fourth-order valence-corrected chi connectivity index (χ4v) is 6.34. The van der Waals surface area contributed by atoms with Crippen molar-refractivity contribution in [3.8, 4) is 11.5 Å². The molecule has 2 amide bonds. The molecule has 0 aliphatic carbocycles. The minimum absolute atomic E-state index is 0.141. The molecule has 2 saturated heterocycles. The van der Waals surface area contributed by atoms with E-state index in [0.717, 1.165) is 6.42 Å². The SMILES string of the molecule is O=C(c1ccc(F)cc1)N1CCCC[C@H](N2CCN(S(=O)(=O)c3ccc4c(c3)OCCO4)CC2)C1=O. The number of carbonyl (C=O) groups is 2. The summed E-state index contributed by atoms with van der Waals surface area (Å²) < 4.78 is 52.2. The first-order chi connectivity index (χ1) is 17.3. The van der Waals surface area contributed by atoms with Crippen molar-refractivity contribution in [2.75, 3.05) is 45.9 Å². The van der Waals surface area contributed by atoms with Crippen molar-refractivity contribution in [1.29, 1.82) is 0 Å². The molecule has 0 radical (unpaired) electrons. The van der Waals surface area contributed by atoms with Crippen LogP contribution in [-0.4, -0.2) is 86.3 Å². The van der Waals surface area contributed by atoms with Gasteiger partial charge >= 0.3 is 0 Å². The Labute approximate surface area is 209 Å². The lowest BCUT2D eigenvalue weighted by molar-refractivity contribution is -0.134. The first-order valence-electron chi connectivity index (χ1n) is 12.1. The number of amides is 2. The zero-order valence-corrected chi connectivity index (χ0v) is 20.6. The summed E-state index contributed by atoms with van der Waals surface area (Å²) in [5.41, 5.74) is 0.265. The van der Waals surface area contributed by atoms with E-state index in [1.54, 1.807) is 6.07 Å². The maximum absolute atomic E-state index is 13.4. The maximum Gasteiger partial charge on any atom is 0.260 e. The van der Waals surface area contributed by atoms with Crippen LogP contribution in [0.5, 0.6) is 11.5 Å². The van der Waals surface area contributed by atoms with Crippen LogP contribution in [-0.2, 0) is 14.8 Å². The summed E-state index contributed by atoms with van der Waals surface area (Å²) in [4.78, 5) is 29.8. The van der Waals surface area contributed by atoms with E-state index in [0.29, 0.717) is 57.2 Å². The van der Waals surface area contributed by atoms with Crippen molar-refractivity contribution in [1.82, 2.24) is 14.1 Å². The highest BCUT2D eigenvalue weighted by molar-refractivity contribution is 7.89. The Kier molecular flexibility index (Phi) is 6.96. The smallest absolute Gasteiger partial charge is 0.260 e. The minimum Gasteiger partial charge on any atom is -0.486 e. The Morgan fingerprint density at radius 3 is 2.31 bits per heavy atom. The van der Waals surface area contributed by atoms with Gasteiger partial charge in [0.05, 0.1) is 10.9 Å². The molecule has 3 heterocycles. The first-order valence-corrected chi connectivity index (χ1v) is 13.5. The van der Waals surface area contributed by atoms with Crippen LogP contribution in [0.1, 0.15) is 29.6 Å². The molecule has 0 bridgehead atoms. The number of piperazine rings is 1. The highest BCUT2D eigenvalue weighted by Gasteiger charge is 2.38. The molecule has 192 valence electrons. The average molecular weight is 518 g/mol. The summed E-state index contributed by atoms with van der Waals surface area (Å²) in [6.45, 7) is 2.31. The molecule has 9 nitrogen and oxygen atoms in total. The molecule has 0 aromatic heterocycles. The van der Waals surface area contributed by atoms with Crippen LogP contribution in [0.25, 0.3) is 0 Å². The fourth-order valence-electron chi connectivity index (χ4n) is 4.90. The summed E-state index contributed by atoms with van der Waals surface area (Å²) in [7, 11) is -3.74. The van der Waals surface area contributed by atoms with Gasteiger partial charge in [-0.25, -0.2) is 12.8 Å². The second-order valence-electron chi connectivity index (χ2n) is 9.06. The monoisotopic (exact) mass is 517 g/mol. The van der Waals surface area contributed by atoms with Gasteiger partial charge in [0.25, 0.3) is 5.91 Å². The van der Waals surface area contributed by atoms with Crippen LogP contribution in [0.3, 0.4) is 0 Å². The van der Waals surface area contributed by atoms with Crippen LogP contribution in [0.2, 0.25) is 0 Å². The lowest BCUT2D eigenvalue weighted by Crippen LogP contribution is -2.56. The van der Waals surface area contributed by atoms with Crippen molar-refractivity contribution in [2.45, 2.75) is 30.2 Å². The molecule has 2 aromatic rings. The number of imide groups is 1. The number of likely N-dealkylation sites (tertiary alicyclic amines) is 1. The highest BCUT2D eigenvalue weighted by Crippen LogP contribution is 2.33. The summed E-state index contributed by atoms with van der Waals surface area (Å²) >= 11 is 0. The van der Waals surface area contributed by atoms with E-state index < -0.39 is 27.8 Å². The van der Waals surface area contributed by atoms with Gasteiger partial charge in [-0.15, -0.1) is 0 Å². The number of benzene rings is 2. The van der Waals surface area contributed by atoms with Crippen molar-refractivity contribution in [3.63, 3.8) is 0 Å². The van der Waals surface area contributed by atoms with Gasteiger partial charge in [0.1, 0.15) is 19.0 Å². The van der Waals surface area contributed by atoms with Gasteiger partial charge in [-0.1, -0.05) is 0 Å². The van der Waals surface area contributed by atoms with Crippen molar-refractivity contribution in [3.05, 3.63) is 53.8 Å². The van der Waals surface area contributed by atoms with Crippen LogP contribution in [0.4, 0.5) is 4.39 Å². The number of fused-ring (bicyclic) bond motifs is 1. The van der Waals surface area contributed by atoms with Gasteiger partial charge in [0.2, 0.25) is 15.9 Å². The Hall–Kier alpha value is -3.02. The number of ether oxygens (including phenoxy) is 2. The van der Waals surface area contributed by atoms with Crippen LogP contribution < -0.4 is 9.47 Å². The molecular weight excluding hydrogens is 489 g/mol. The molecule has 2 aromatic carbocycles. The zero-order chi connectivity index (χ0) is 25.3. The molecule has 5 rings (SSSR count). The van der Waals surface area contributed by atoms with Gasteiger partial charge < -0.3 is 9.47 Å². The second kappa shape index (κ2) is 10.2. The second-order valence-corrected chi connectivity index (χ2v) is 11.0. The number of hydrogen-bond acceptors (Lipinski definition) is 7. The third kappa shape index (κ3) is 4.82. The number of halogens is 1. The van der Waals surface area contributed by atoms with E-state index in [9.17, 15) is 22.4 Å². The molecule has 0 N–H and O–H groups in total. The lowest BCUT2D eigenvalue weighted by atomic mass is 10.1. The molecule has 0 spiro atoms. The Morgan fingerprint density at radius 1 is 0.889 bits per heavy atom. The van der Waals surface area contributed by atoms with Gasteiger partial charge in [-0.3, -0.25) is 19.4 Å². The third-order valence-electron chi connectivity index (χ3n) is 6.86. The van der Waals surface area contributed by atoms with Crippen LogP contribution in [0, 0.1) is 5.82 Å². The fraction of sp³-hybridized carbons (Fsp3) is 0.440. The number of nitrogens with zero attached hydrogens (tertiary/aromatic N) is 3. The third-order valence-corrected chi connectivity index (χ3v) is 8.76. The standard InChI is InChI=1S/C25H28FN3O6S/c26-19-6-4-18(5-7-19)24(30)29-10-2-1-3-21(25(29)31)27-11-13-28(14-12-27)36(32,33)20-8-9-22-23(17-20)35-16-15-34-22/h4-9,17,21H,1-3,10-16H2/t21-/m0/s1. The quantitative estimate of drug-likeness (QED) is 0.574. The summed E-state index contributed by atoms with van der Waals surface area (Å²) in [5.74, 6) is -0.236. The maximum atomic E-state index is 13.4. The van der Waals surface area contributed by atoms with Crippen molar-refractivity contribution < 1.29 is 31.9 Å². The summed E-state index contributed by atoms with van der Waals surface area (Å²) in [6, 6.07) is 9.28. The van der Waals surface area contributed by atoms with Crippen molar-refractivity contribution in [2.24, 2.45) is 0 Å². The summed E-state index contributed by atoms with van der Waals surface area (Å²) in [5, 5.41) is 0. The van der Waals surface area contributed by atoms with E-state index in [4.69, 9.17) is 9.47 Å². The molecule has 3 aliphatic rings. The molecule has 1 atom stereocenters. The van der Waals surface area contributed by atoms with Gasteiger partial charge in [0, 0.05) is 44.4 Å². The first kappa shape index (κ1) is 24.7. The van der Waals surface area contributed by atoms with Crippen LogP contribution >= 0.6 is 0 Å². The van der Waals surface area contributed by atoms with E-state index in [1.807, 2.05) is 4.90 Å². The lowest BCUT2D eigenvalue weighted by Gasteiger charge is -2.38. The van der Waals surface area contributed by atoms with Gasteiger partial charge in [0.15, 0.2) is 11.5 Å². The number of hydrogen-bond donors (Lipinski definition) is 0. The van der Waals surface area contributed by atoms with Gasteiger partial charge in [-0.05, 0) is 55.7 Å². The van der Waals surface area contributed by atoms with E-state index in [1.165, 1.54) is 45.6 Å². The van der Waals surface area contributed by atoms with E-state index in [2.05, 4.69) is 0 Å². The molecule has 36 heavy (non-hydrogen) atoms. The Morgan fingerprint density at radius 2 is 1.58 bits per heavy atom. The normalized spacial score (nSPS) is 21.8.